The van der Waals surface area contributed by atoms with Gasteiger partial charge in [-0.05, 0) is 55.2 Å². The van der Waals surface area contributed by atoms with Crippen LogP contribution in [0.25, 0.3) is 0 Å². The van der Waals surface area contributed by atoms with E-state index in [1.165, 1.54) is 6.07 Å². The number of pyridine rings is 1. The highest BCUT2D eigenvalue weighted by atomic mass is 19.1. The lowest BCUT2D eigenvalue weighted by molar-refractivity contribution is 0.544. The molecular formula is C15H18FN3. The maximum atomic E-state index is 13.1. The van der Waals surface area contributed by atoms with Crippen LogP contribution in [0.1, 0.15) is 28.4 Å². The summed E-state index contributed by atoms with van der Waals surface area (Å²) in [4.78, 5) is 4.27. The van der Waals surface area contributed by atoms with E-state index in [2.05, 4.69) is 10.4 Å². The van der Waals surface area contributed by atoms with E-state index in [1.54, 1.807) is 18.3 Å². The molecule has 0 saturated carbocycles. The molecule has 3 nitrogen and oxygen atoms in total. The Labute approximate surface area is 112 Å². The third-order valence-corrected chi connectivity index (χ3v) is 3.35. The standard InChI is InChI=1S/C15H18FN3/c1-10-8-13(16)6-5-12(10)9-15(19-17)14-4-3-7-18-11(14)2/h3-8,15,19H,9,17H2,1-2H3. The fourth-order valence-electron chi connectivity index (χ4n) is 2.23. The lowest BCUT2D eigenvalue weighted by atomic mass is 9.96. The van der Waals surface area contributed by atoms with Gasteiger partial charge in [0, 0.05) is 11.9 Å². The number of hydrazine groups is 1. The Kier molecular flexibility index (Phi) is 4.24. The summed E-state index contributed by atoms with van der Waals surface area (Å²) in [6.07, 6.45) is 2.46. The van der Waals surface area contributed by atoms with Gasteiger partial charge < -0.3 is 0 Å². The van der Waals surface area contributed by atoms with Crippen LogP contribution in [0.15, 0.2) is 36.5 Å². The monoisotopic (exact) mass is 259 g/mol. The summed E-state index contributed by atoms with van der Waals surface area (Å²) < 4.78 is 13.1. The summed E-state index contributed by atoms with van der Waals surface area (Å²) in [5.41, 5.74) is 6.84. The molecule has 0 aliphatic heterocycles. The molecule has 1 unspecified atom stereocenters. The maximum Gasteiger partial charge on any atom is 0.123 e. The van der Waals surface area contributed by atoms with Crippen molar-refractivity contribution >= 4 is 0 Å². The summed E-state index contributed by atoms with van der Waals surface area (Å²) in [7, 11) is 0. The number of halogens is 1. The summed E-state index contributed by atoms with van der Waals surface area (Å²) in [6.45, 7) is 3.86. The van der Waals surface area contributed by atoms with Crippen molar-refractivity contribution in [2.45, 2.75) is 26.3 Å². The molecule has 0 amide bonds. The van der Waals surface area contributed by atoms with Crippen LogP contribution in [0.4, 0.5) is 4.39 Å². The quantitative estimate of drug-likeness (QED) is 0.655. The van der Waals surface area contributed by atoms with Gasteiger partial charge in [0.1, 0.15) is 5.82 Å². The van der Waals surface area contributed by atoms with Crippen LogP contribution in [0.5, 0.6) is 0 Å². The zero-order valence-electron chi connectivity index (χ0n) is 11.2. The Bertz CT molecular complexity index is 569. The maximum absolute atomic E-state index is 13.1. The first kappa shape index (κ1) is 13.6. The second kappa shape index (κ2) is 5.91. The van der Waals surface area contributed by atoms with Crippen molar-refractivity contribution in [2.75, 3.05) is 0 Å². The Balaban J connectivity index is 2.27. The largest absolute Gasteiger partial charge is 0.271 e. The predicted octanol–water partition coefficient (Wildman–Crippen LogP) is 2.58. The number of benzene rings is 1. The van der Waals surface area contributed by atoms with Gasteiger partial charge in [0.05, 0.1) is 6.04 Å². The molecule has 1 heterocycles. The van der Waals surface area contributed by atoms with Gasteiger partial charge >= 0.3 is 0 Å². The van der Waals surface area contributed by atoms with Gasteiger partial charge in [0.25, 0.3) is 0 Å². The number of aromatic nitrogens is 1. The molecule has 3 N–H and O–H groups in total. The first-order chi connectivity index (χ1) is 9.11. The molecule has 0 spiro atoms. The van der Waals surface area contributed by atoms with E-state index in [4.69, 9.17) is 5.84 Å². The molecule has 0 saturated heterocycles. The minimum Gasteiger partial charge on any atom is -0.271 e. The number of hydrogen-bond acceptors (Lipinski definition) is 3. The van der Waals surface area contributed by atoms with Crippen LogP contribution < -0.4 is 11.3 Å². The Morgan fingerprint density at radius 1 is 1.32 bits per heavy atom. The normalized spacial score (nSPS) is 12.4. The highest BCUT2D eigenvalue weighted by Crippen LogP contribution is 2.22. The van der Waals surface area contributed by atoms with Gasteiger partial charge in [-0.25, -0.2) is 4.39 Å². The molecule has 100 valence electrons. The van der Waals surface area contributed by atoms with Crippen LogP contribution >= 0.6 is 0 Å². The SMILES string of the molecule is Cc1cc(F)ccc1CC(NN)c1cccnc1C. The van der Waals surface area contributed by atoms with Crippen molar-refractivity contribution in [3.63, 3.8) is 0 Å². The molecule has 0 bridgehead atoms. The van der Waals surface area contributed by atoms with E-state index >= 15 is 0 Å². The Morgan fingerprint density at radius 3 is 2.74 bits per heavy atom. The molecule has 0 aliphatic rings. The first-order valence-corrected chi connectivity index (χ1v) is 6.24. The minimum absolute atomic E-state index is 0.0298. The zero-order chi connectivity index (χ0) is 13.8. The number of nitrogens with one attached hydrogen (secondary N) is 1. The van der Waals surface area contributed by atoms with Crippen molar-refractivity contribution in [3.05, 3.63) is 64.7 Å². The Morgan fingerprint density at radius 2 is 2.11 bits per heavy atom. The van der Waals surface area contributed by atoms with Crippen LogP contribution in [-0.4, -0.2) is 4.98 Å². The van der Waals surface area contributed by atoms with E-state index in [9.17, 15) is 4.39 Å². The van der Waals surface area contributed by atoms with E-state index in [-0.39, 0.29) is 11.9 Å². The molecule has 1 atom stereocenters. The van der Waals surface area contributed by atoms with Crippen LogP contribution in [0.3, 0.4) is 0 Å². The smallest absolute Gasteiger partial charge is 0.123 e. The molecular weight excluding hydrogens is 241 g/mol. The molecule has 2 aromatic rings. The molecule has 0 radical (unpaired) electrons. The van der Waals surface area contributed by atoms with Crippen molar-refractivity contribution in [2.24, 2.45) is 5.84 Å². The Hall–Kier alpha value is -1.78. The number of aryl methyl sites for hydroxylation is 2. The van der Waals surface area contributed by atoms with Gasteiger partial charge in [-0.2, -0.15) is 0 Å². The molecule has 0 fully saturated rings. The fraction of sp³-hybridized carbons (Fsp3) is 0.267. The highest BCUT2D eigenvalue weighted by molar-refractivity contribution is 5.30. The van der Waals surface area contributed by atoms with Gasteiger partial charge in [-0.3, -0.25) is 16.3 Å². The van der Waals surface area contributed by atoms with Crippen molar-refractivity contribution in [3.8, 4) is 0 Å². The van der Waals surface area contributed by atoms with Crippen LogP contribution in [-0.2, 0) is 6.42 Å². The highest BCUT2D eigenvalue weighted by Gasteiger charge is 2.14. The number of nitrogens with two attached hydrogens (primary N) is 1. The molecule has 19 heavy (non-hydrogen) atoms. The second-order valence-corrected chi connectivity index (χ2v) is 4.67. The van der Waals surface area contributed by atoms with E-state index < -0.39 is 0 Å². The number of nitrogens with zero attached hydrogens (tertiary/aromatic N) is 1. The summed E-state index contributed by atoms with van der Waals surface area (Å²) in [5, 5.41) is 0. The molecule has 2 rings (SSSR count). The van der Waals surface area contributed by atoms with Gasteiger partial charge in [-0.1, -0.05) is 12.1 Å². The molecule has 4 heteroatoms. The predicted molar refractivity (Wildman–Crippen MR) is 73.9 cm³/mol. The topological polar surface area (TPSA) is 50.9 Å². The lowest BCUT2D eigenvalue weighted by Gasteiger charge is -2.19. The summed E-state index contributed by atoms with van der Waals surface area (Å²) in [6, 6.07) is 8.69. The van der Waals surface area contributed by atoms with Crippen LogP contribution in [0.2, 0.25) is 0 Å². The van der Waals surface area contributed by atoms with Gasteiger partial charge in [0.15, 0.2) is 0 Å². The zero-order valence-corrected chi connectivity index (χ0v) is 11.2. The van der Waals surface area contributed by atoms with Crippen molar-refractivity contribution in [1.82, 2.24) is 10.4 Å². The van der Waals surface area contributed by atoms with Gasteiger partial charge in [-0.15, -0.1) is 0 Å². The molecule has 0 aliphatic carbocycles. The van der Waals surface area contributed by atoms with Crippen LogP contribution in [0, 0.1) is 19.7 Å². The third kappa shape index (κ3) is 3.16. The van der Waals surface area contributed by atoms with E-state index in [0.717, 1.165) is 22.4 Å². The number of hydrogen-bond donors (Lipinski definition) is 2. The molecule has 1 aromatic heterocycles. The fourth-order valence-corrected chi connectivity index (χ4v) is 2.23. The third-order valence-electron chi connectivity index (χ3n) is 3.35. The average molecular weight is 259 g/mol. The minimum atomic E-state index is -0.212. The summed E-state index contributed by atoms with van der Waals surface area (Å²) >= 11 is 0. The average Bonchev–Trinajstić information content (AvgIpc) is 2.39. The lowest BCUT2D eigenvalue weighted by Crippen LogP contribution is -2.30. The second-order valence-electron chi connectivity index (χ2n) is 4.67. The van der Waals surface area contributed by atoms with Crippen molar-refractivity contribution < 1.29 is 4.39 Å². The van der Waals surface area contributed by atoms with Gasteiger partial charge in [0.2, 0.25) is 0 Å². The van der Waals surface area contributed by atoms with Crippen molar-refractivity contribution in [1.29, 1.82) is 0 Å². The number of rotatable bonds is 4. The van der Waals surface area contributed by atoms with E-state index in [1.807, 2.05) is 26.0 Å². The van der Waals surface area contributed by atoms with E-state index in [0.29, 0.717) is 6.42 Å². The summed E-state index contributed by atoms with van der Waals surface area (Å²) in [5.74, 6) is 5.44. The molecule has 1 aromatic carbocycles. The first-order valence-electron chi connectivity index (χ1n) is 6.24.